The van der Waals surface area contributed by atoms with E-state index >= 15 is 0 Å². The average Bonchev–Trinajstić information content (AvgIpc) is 2.48. The third-order valence-corrected chi connectivity index (χ3v) is 3.23. The monoisotopic (exact) mass is 298 g/mol. The largest absolute Gasteiger partial charge is 0.546 e. The van der Waals surface area contributed by atoms with Crippen LogP contribution in [0.5, 0.6) is 0 Å². The van der Waals surface area contributed by atoms with E-state index in [9.17, 15) is 9.67 Å². The molecule has 1 fully saturated rings. The Hall–Kier alpha value is 1.17. The van der Waals surface area contributed by atoms with Gasteiger partial charge in [0.1, 0.15) is 0 Å². The standard InChI is InChI=1S/C7H14O5P.Y/c1-2-13(9,10)12-5-7-6(8)3-4-11-7;/h4,6-8H,2-3,5H2,1H3,(H,9,10);/q-1;. The molecule has 0 aliphatic carbocycles. The van der Waals surface area contributed by atoms with Gasteiger partial charge in [-0.05, 0) is 0 Å². The molecular weight excluding hydrogens is 284 g/mol. The maximum atomic E-state index is 11.0. The Labute approximate surface area is 109 Å². The minimum Gasteiger partial charge on any atom is -0.546 e. The van der Waals surface area contributed by atoms with Gasteiger partial charge in [-0.1, -0.05) is 6.92 Å². The molecular formula is C7H14O5PY-. The van der Waals surface area contributed by atoms with E-state index in [4.69, 9.17) is 14.2 Å². The van der Waals surface area contributed by atoms with Crippen molar-refractivity contribution in [3.8, 4) is 0 Å². The fourth-order valence-corrected chi connectivity index (χ4v) is 1.51. The van der Waals surface area contributed by atoms with Gasteiger partial charge >= 0.3 is 7.60 Å². The Kier molecular flexibility index (Phi) is 7.25. The predicted molar refractivity (Wildman–Crippen MR) is 46.1 cm³/mol. The summed E-state index contributed by atoms with van der Waals surface area (Å²) in [5.74, 6) is 0. The van der Waals surface area contributed by atoms with Gasteiger partial charge in [-0.3, -0.25) is 4.57 Å². The second-order valence-corrected chi connectivity index (χ2v) is 5.06. The number of hydrogen-bond acceptors (Lipinski definition) is 4. The van der Waals surface area contributed by atoms with E-state index in [1.54, 1.807) is 6.92 Å². The van der Waals surface area contributed by atoms with Gasteiger partial charge in [0.05, 0.1) is 18.8 Å². The van der Waals surface area contributed by atoms with E-state index in [-0.39, 0.29) is 45.5 Å². The van der Waals surface area contributed by atoms with E-state index in [1.807, 2.05) is 0 Å². The molecule has 14 heavy (non-hydrogen) atoms. The van der Waals surface area contributed by atoms with Crippen LogP contribution in [0, 0.1) is 6.61 Å². The summed E-state index contributed by atoms with van der Waals surface area (Å²) >= 11 is 0. The van der Waals surface area contributed by atoms with Crippen molar-refractivity contribution >= 4 is 7.60 Å². The molecule has 3 unspecified atom stereocenters. The summed E-state index contributed by atoms with van der Waals surface area (Å²) in [7, 11) is -3.46. The quantitative estimate of drug-likeness (QED) is 0.584. The number of ether oxygens (including phenoxy) is 1. The maximum Gasteiger partial charge on any atom is 0.327 e. The molecule has 0 aromatic carbocycles. The van der Waals surface area contributed by atoms with Crippen LogP contribution in [-0.4, -0.2) is 35.0 Å². The molecule has 1 heterocycles. The zero-order valence-corrected chi connectivity index (χ0v) is 11.7. The topological polar surface area (TPSA) is 76.0 Å². The molecule has 3 atom stereocenters. The third-order valence-electron chi connectivity index (χ3n) is 1.88. The van der Waals surface area contributed by atoms with Crippen LogP contribution in [0.15, 0.2) is 0 Å². The van der Waals surface area contributed by atoms with Crippen molar-refractivity contribution in [3.63, 3.8) is 0 Å². The molecule has 0 bridgehead atoms. The van der Waals surface area contributed by atoms with Gasteiger partial charge in [0.25, 0.3) is 0 Å². The Morgan fingerprint density at radius 3 is 2.79 bits per heavy atom. The number of hydrogen-bond donors (Lipinski definition) is 2. The van der Waals surface area contributed by atoms with Crippen LogP contribution < -0.4 is 0 Å². The van der Waals surface area contributed by atoms with Crippen molar-refractivity contribution < 1.29 is 56.5 Å². The fourth-order valence-electron chi connectivity index (χ4n) is 0.952. The Morgan fingerprint density at radius 2 is 2.36 bits per heavy atom. The molecule has 1 rings (SSSR count). The van der Waals surface area contributed by atoms with Gasteiger partial charge in [0, 0.05) is 38.9 Å². The Morgan fingerprint density at radius 1 is 1.71 bits per heavy atom. The zero-order chi connectivity index (χ0) is 9.90. The fraction of sp³-hybridized carbons (Fsp3) is 0.857. The molecule has 1 radical (unpaired) electrons. The summed E-state index contributed by atoms with van der Waals surface area (Å²) in [6, 6.07) is 0. The van der Waals surface area contributed by atoms with Gasteiger partial charge in [-0.25, -0.2) is 6.61 Å². The van der Waals surface area contributed by atoms with Gasteiger partial charge in [-0.15, -0.1) is 6.42 Å². The van der Waals surface area contributed by atoms with Crippen molar-refractivity contribution in [1.82, 2.24) is 0 Å². The van der Waals surface area contributed by atoms with Crippen LogP contribution >= 0.6 is 7.60 Å². The second-order valence-electron chi connectivity index (χ2n) is 2.89. The minimum atomic E-state index is -3.46. The molecule has 5 nitrogen and oxygen atoms in total. The van der Waals surface area contributed by atoms with Crippen molar-refractivity contribution in [2.45, 2.75) is 25.6 Å². The SMILES string of the molecule is CCP(=O)(O)OCC1O[CH-]CC1O.[Y]. The van der Waals surface area contributed by atoms with Crippen LogP contribution in [0.2, 0.25) is 0 Å². The molecule has 2 N–H and O–H groups in total. The number of aliphatic hydroxyl groups is 1. The molecule has 0 amide bonds. The molecule has 81 valence electrons. The van der Waals surface area contributed by atoms with Gasteiger partial charge < -0.3 is 19.3 Å². The molecule has 7 heteroatoms. The van der Waals surface area contributed by atoms with E-state index in [1.165, 1.54) is 6.61 Å². The van der Waals surface area contributed by atoms with Crippen molar-refractivity contribution in [3.05, 3.63) is 6.61 Å². The van der Waals surface area contributed by atoms with Crippen LogP contribution in [0.3, 0.4) is 0 Å². The van der Waals surface area contributed by atoms with Crippen LogP contribution in [0.4, 0.5) is 0 Å². The summed E-state index contributed by atoms with van der Waals surface area (Å²) in [4.78, 5) is 9.06. The number of aliphatic hydroxyl groups excluding tert-OH is 1. The first-order valence-electron chi connectivity index (χ1n) is 4.16. The second kappa shape index (κ2) is 6.69. The van der Waals surface area contributed by atoms with Crippen molar-refractivity contribution in [2.75, 3.05) is 12.8 Å². The van der Waals surface area contributed by atoms with Gasteiger partial charge in [0.15, 0.2) is 0 Å². The summed E-state index contributed by atoms with van der Waals surface area (Å²) in [5, 5.41) is 9.25. The van der Waals surface area contributed by atoms with Crippen molar-refractivity contribution in [2.24, 2.45) is 0 Å². The molecule has 0 aromatic heterocycles. The molecule has 0 aromatic rings. The summed E-state index contributed by atoms with van der Waals surface area (Å²) < 4.78 is 20.7. The van der Waals surface area contributed by atoms with Gasteiger partial charge in [-0.2, -0.15) is 0 Å². The van der Waals surface area contributed by atoms with E-state index in [2.05, 4.69) is 0 Å². The molecule has 0 spiro atoms. The molecule has 1 saturated heterocycles. The minimum absolute atomic E-state index is 0. The first-order valence-corrected chi connectivity index (χ1v) is 5.93. The molecule has 1 aliphatic rings. The summed E-state index contributed by atoms with van der Waals surface area (Å²) in [6.45, 7) is 3.01. The Balaban J connectivity index is 0.00000169. The summed E-state index contributed by atoms with van der Waals surface area (Å²) in [5.41, 5.74) is 0. The van der Waals surface area contributed by atoms with Crippen LogP contribution in [0.25, 0.3) is 0 Å². The van der Waals surface area contributed by atoms with Crippen molar-refractivity contribution in [1.29, 1.82) is 0 Å². The average molecular weight is 298 g/mol. The molecule has 1 aliphatic heterocycles. The zero-order valence-electron chi connectivity index (χ0n) is 8.00. The first-order chi connectivity index (χ1) is 6.05. The van der Waals surface area contributed by atoms with E-state index < -0.39 is 19.8 Å². The van der Waals surface area contributed by atoms with Gasteiger partial charge in [0.2, 0.25) is 0 Å². The predicted octanol–water partition coefficient (Wildman–Crippen LogP) is 0.517. The van der Waals surface area contributed by atoms with Crippen LogP contribution in [0.1, 0.15) is 13.3 Å². The normalized spacial score (nSPS) is 30.8. The van der Waals surface area contributed by atoms with Crippen LogP contribution in [-0.2, 0) is 46.5 Å². The van der Waals surface area contributed by atoms with E-state index in [0.29, 0.717) is 6.42 Å². The van der Waals surface area contributed by atoms with E-state index in [0.717, 1.165) is 0 Å². The Bertz CT molecular complexity index is 212. The maximum absolute atomic E-state index is 11.0. The summed E-state index contributed by atoms with van der Waals surface area (Å²) in [6.07, 6.45) is -0.626. The molecule has 0 saturated carbocycles. The first kappa shape index (κ1) is 15.2. The third kappa shape index (κ3) is 4.80. The smallest absolute Gasteiger partial charge is 0.327 e. The number of rotatable bonds is 4.